The van der Waals surface area contributed by atoms with Crippen LogP contribution in [0.5, 0.6) is 5.75 Å². The molecule has 162 valence electrons. The molecule has 1 N–H and O–H groups in total. The quantitative estimate of drug-likeness (QED) is 0.763. The predicted octanol–water partition coefficient (Wildman–Crippen LogP) is 3.01. The third-order valence-corrected chi connectivity index (χ3v) is 7.18. The van der Waals surface area contributed by atoms with Crippen molar-refractivity contribution in [2.75, 3.05) is 32.1 Å². The van der Waals surface area contributed by atoms with E-state index in [2.05, 4.69) is 5.32 Å². The summed E-state index contributed by atoms with van der Waals surface area (Å²) in [6.45, 7) is 6.70. The fourth-order valence-corrected chi connectivity index (χ4v) is 5.43. The minimum absolute atomic E-state index is 0.200. The van der Waals surface area contributed by atoms with E-state index < -0.39 is 10.2 Å². The number of hydrogen-bond donors (Lipinski definition) is 1. The zero-order valence-electron chi connectivity index (χ0n) is 17.9. The second-order valence-electron chi connectivity index (χ2n) is 7.70. The SMILES string of the molecule is COc1ccc(CN2CCCN(CC(=O)Nc3c(C)cc(C)cc3C)S2(=O)=O)cc1. The molecule has 0 bridgehead atoms. The lowest BCUT2D eigenvalue weighted by Gasteiger charge is -2.34. The number of amides is 1. The van der Waals surface area contributed by atoms with Crippen molar-refractivity contribution in [1.82, 2.24) is 8.61 Å². The maximum Gasteiger partial charge on any atom is 0.282 e. The highest BCUT2D eigenvalue weighted by Crippen LogP contribution is 2.23. The van der Waals surface area contributed by atoms with Gasteiger partial charge in [-0.25, -0.2) is 0 Å². The van der Waals surface area contributed by atoms with E-state index in [1.54, 1.807) is 7.11 Å². The number of ether oxygens (including phenoxy) is 1. The monoisotopic (exact) mass is 431 g/mol. The summed E-state index contributed by atoms with van der Waals surface area (Å²) in [5.74, 6) is 0.389. The number of aryl methyl sites for hydroxylation is 3. The molecular formula is C22H29N3O4S. The Kier molecular flexibility index (Phi) is 6.80. The molecule has 3 rings (SSSR count). The van der Waals surface area contributed by atoms with Gasteiger partial charge in [0.1, 0.15) is 5.75 Å². The summed E-state index contributed by atoms with van der Waals surface area (Å²) >= 11 is 0. The van der Waals surface area contributed by atoms with Crippen LogP contribution in [0, 0.1) is 20.8 Å². The van der Waals surface area contributed by atoms with Crippen LogP contribution in [0.1, 0.15) is 28.7 Å². The number of nitrogens with one attached hydrogen (secondary N) is 1. The number of methoxy groups -OCH3 is 1. The standard InChI is InChI=1S/C22H29N3O4S/c1-16-12-17(2)22(18(3)13-16)23-21(26)15-25-11-5-10-24(30(25,27)28)14-19-6-8-20(29-4)9-7-19/h6-9,12-13H,5,10-11,14-15H2,1-4H3,(H,23,26). The second-order valence-corrected chi connectivity index (χ2v) is 9.63. The lowest BCUT2D eigenvalue weighted by Crippen LogP contribution is -2.51. The Morgan fingerprint density at radius 1 is 1.03 bits per heavy atom. The zero-order valence-corrected chi connectivity index (χ0v) is 18.8. The first-order chi connectivity index (χ1) is 14.2. The molecule has 1 heterocycles. The number of benzene rings is 2. The van der Waals surface area contributed by atoms with Crippen molar-refractivity contribution in [1.29, 1.82) is 0 Å². The van der Waals surface area contributed by atoms with Crippen molar-refractivity contribution in [2.45, 2.75) is 33.7 Å². The van der Waals surface area contributed by atoms with Crippen LogP contribution >= 0.6 is 0 Å². The Morgan fingerprint density at radius 2 is 1.63 bits per heavy atom. The van der Waals surface area contributed by atoms with Gasteiger partial charge in [0, 0.05) is 25.3 Å². The molecule has 1 amide bonds. The van der Waals surface area contributed by atoms with Gasteiger partial charge in [-0.15, -0.1) is 0 Å². The Balaban J connectivity index is 1.69. The molecule has 1 aliphatic rings. The minimum Gasteiger partial charge on any atom is -0.497 e. The molecule has 0 unspecified atom stereocenters. The van der Waals surface area contributed by atoms with Crippen LogP contribution in [-0.4, -0.2) is 49.7 Å². The van der Waals surface area contributed by atoms with E-state index in [1.807, 2.05) is 57.2 Å². The Morgan fingerprint density at radius 3 is 2.23 bits per heavy atom. The fourth-order valence-electron chi connectivity index (χ4n) is 3.79. The van der Waals surface area contributed by atoms with Crippen molar-refractivity contribution in [2.24, 2.45) is 0 Å². The van der Waals surface area contributed by atoms with Gasteiger partial charge >= 0.3 is 0 Å². The highest BCUT2D eigenvalue weighted by Gasteiger charge is 2.34. The maximum absolute atomic E-state index is 13.1. The maximum atomic E-state index is 13.1. The average Bonchev–Trinajstić information content (AvgIpc) is 2.68. The van der Waals surface area contributed by atoms with Crippen molar-refractivity contribution >= 4 is 21.8 Å². The highest BCUT2D eigenvalue weighted by atomic mass is 32.2. The lowest BCUT2D eigenvalue weighted by atomic mass is 10.1. The molecule has 7 nitrogen and oxygen atoms in total. The molecule has 2 aromatic rings. The molecular weight excluding hydrogens is 402 g/mol. The second kappa shape index (κ2) is 9.16. The predicted molar refractivity (Wildman–Crippen MR) is 118 cm³/mol. The molecule has 1 fully saturated rings. The largest absolute Gasteiger partial charge is 0.497 e. The van der Waals surface area contributed by atoms with Crippen LogP contribution in [-0.2, 0) is 21.5 Å². The van der Waals surface area contributed by atoms with Crippen LogP contribution in [0.3, 0.4) is 0 Å². The van der Waals surface area contributed by atoms with Crippen molar-refractivity contribution < 1.29 is 17.9 Å². The Bertz CT molecular complexity index is 996. The van der Waals surface area contributed by atoms with E-state index in [9.17, 15) is 13.2 Å². The molecule has 0 spiro atoms. The van der Waals surface area contributed by atoms with Crippen molar-refractivity contribution in [3.05, 3.63) is 58.7 Å². The Hall–Kier alpha value is -2.42. The van der Waals surface area contributed by atoms with E-state index in [0.717, 1.165) is 33.7 Å². The summed E-state index contributed by atoms with van der Waals surface area (Å²) in [6, 6.07) is 11.3. The first kappa shape index (κ1) is 22.3. The van der Waals surface area contributed by atoms with Gasteiger partial charge in [0.05, 0.1) is 13.7 Å². The van der Waals surface area contributed by atoms with Gasteiger partial charge in [-0.1, -0.05) is 29.8 Å². The molecule has 0 aliphatic carbocycles. The van der Waals surface area contributed by atoms with Crippen LogP contribution in [0.25, 0.3) is 0 Å². The van der Waals surface area contributed by atoms with Gasteiger partial charge in [-0.3, -0.25) is 4.79 Å². The normalized spacial score (nSPS) is 16.9. The first-order valence-electron chi connectivity index (χ1n) is 9.96. The van der Waals surface area contributed by atoms with E-state index in [4.69, 9.17) is 4.74 Å². The molecule has 2 aromatic carbocycles. The smallest absolute Gasteiger partial charge is 0.282 e. The molecule has 1 aliphatic heterocycles. The van der Waals surface area contributed by atoms with Crippen molar-refractivity contribution in [3.63, 3.8) is 0 Å². The molecule has 0 saturated carbocycles. The number of rotatable bonds is 6. The molecule has 0 radical (unpaired) electrons. The first-order valence-corrected chi connectivity index (χ1v) is 11.4. The van der Waals surface area contributed by atoms with Crippen LogP contribution in [0.2, 0.25) is 0 Å². The summed E-state index contributed by atoms with van der Waals surface area (Å²) in [6.07, 6.45) is 0.672. The van der Waals surface area contributed by atoms with Gasteiger partial charge < -0.3 is 10.1 Å². The van der Waals surface area contributed by atoms with Crippen LogP contribution in [0.15, 0.2) is 36.4 Å². The highest BCUT2D eigenvalue weighted by molar-refractivity contribution is 7.86. The third-order valence-electron chi connectivity index (χ3n) is 5.25. The van der Waals surface area contributed by atoms with Gasteiger partial charge in [-0.2, -0.15) is 17.0 Å². The Labute approximate surface area is 178 Å². The number of carbonyl (C=O) groups excluding carboxylic acids is 1. The number of nitrogens with zero attached hydrogens (tertiary/aromatic N) is 2. The topological polar surface area (TPSA) is 79.0 Å². The third kappa shape index (κ3) is 5.00. The lowest BCUT2D eigenvalue weighted by molar-refractivity contribution is -0.116. The van der Waals surface area contributed by atoms with Crippen molar-refractivity contribution in [3.8, 4) is 5.75 Å². The molecule has 30 heavy (non-hydrogen) atoms. The van der Waals surface area contributed by atoms with Gasteiger partial charge in [0.25, 0.3) is 10.2 Å². The molecule has 8 heteroatoms. The minimum atomic E-state index is -3.72. The van der Waals surface area contributed by atoms with Crippen LogP contribution < -0.4 is 10.1 Å². The van der Waals surface area contributed by atoms with E-state index >= 15 is 0 Å². The number of carbonyl (C=O) groups is 1. The van der Waals surface area contributed by atoms with E-state index in [0.29, 0.717) is 19.5 Å². The molecule has 1 saturated heterocycles. The van der Waals surface area contributed by atoms with Gasteiger partial charge in [-0.05, 0) is 56.0 Å². The van der Waals surface area contributed by atoms with Gasteiger partial charge in [0.15, 0.2) is 0 Å². The van der Waals surface area contributed by atoms with E-state index in [1.165, 1.54) is 8.61 Å². The summed E-state index contributed by atoms with van der Waals surface area (Å²) in [5, 5.41) is 2.89. The fraction of sp³-hybridized carbons (Fsp3) is 0.409. The number of anilines is 1. The zero-order chi connectivity index (χ0) is 21.9. The number of hydrogen-bond acceptors (Lipinski definition) is 4. The summed E-state index contributed by atoms with van der Waals surface area (Å²) in [5.41, 5.74) is 4.66. The summed E-state index contributed by atoms with van der Waals surface area (Å²) < 4.78 is 33.9. The average molecular weight is 432 g/mol. The summed E-state index contributed by atoms with van der Waals surface area (Å²) in [4.78, 5) is 12.6. The summed E-state index contributed by atoms with van der Waals surface area (Å²) in [7, 11) is -2.13. The van der Waals surface area contributed by atoms with Crippen LogP contribution in [0.4, 0.5) is 5.69 Å². The van der Waals surface area contributed by atoms with Gasteiger partial charge in [0.2, 0.25) is 5.91 Å². The molecule has 0 atom stereocenters. The van der Waals surface area contributed by atoms with E-state index in [-0.39, 0.29) is 19.0 Å². The molecule has 0 aromatic heterocycles.